The summed E-state index contributed by atoms with van der Waals surface area (Å²) in [7, 11) is 0. The molecule has 0 aliphatic heterocycles. The van der Waals surface area contributed by atoms with Crippen molar-refractivity contribution in [2.24, 2.45) is 23.5 Å². The molecule has 0 saturated heterocycles. The van der Waals surface area contributed by atoms with Gasteiger partial charge in [-0.1, -0.05) is 65.8 Å². The van der Waals surface area contributed by atoms with Crippen LogP contribution >= 0.6 is 0 Å². The van der Waals surface area contributed by atoms with Gasteiger partial charge in [0.15, 0.2) is 0 Å². The summed E-state index contributed by atoms with van der Waals surface area (Å²) in [6.07, 6.45) is 11.6. The van der Waals surface area contributed by atoms with Gasteiger partial charge < -0.3 is 10.8 Å². The molecule has 2 aliphatic rings. The number of hydrogen-bond acceptors (Lipinski definition) is 2. The number of benzene rings is 2. The largest absolute Gasteiger partial charge is 0.392 e. The molecular weight excluding hydrogens is 370 g/mol. The minimum atomic E-state index is -0.387. The summed E-state index contributed by atoms with van der Waals surface area (Å²) in [6, 6.07) is 16.3. The first-order valence-corrected chi connectivity index (χ1v) is 11.0. The van der Waals surface area contributed by atoms with Crippen molar-refractivity contribution in [1.29, 1.82) is 0 Å². The SMILES string of the molecule is Cc1cccc(CC/C=C/[C@@H]2[C@H]3CC(Cc4ccc(C(N)=O)cc4)=C[C@H]3C[C@H]2O)c1. The van der Waals surface area contributed by atoms with Gasteiger partial charge in [-0.15, -0.1) is 0 Å². The summed E-state index contributed by atoms with van der Waals surface area (Å²) in [5, 5.41) is 10.6. The summed E-state index contributed by atoms with van der Waals surface area (Å²) < 4.78 is 0. The third kappa shape index (κ3) is 4.73. The van der Waals surface area contributed by atoms with Gasteiger partial charge in [0.1, 0.15) is 0 Å². The van der Waals surface area contributed by atoms with Gasteiger partial charge in [-0.3, -0.25) is 4.79 Å². The molecule has 1 fully saturated rings. The second-order valence-corrected chi connectivity index (χ2v) is 8.93. The van der Waals surface area contributed by atoms with E-state index >= 15 is 0 Å². The first-order chi connectivity index (χ1) is 14.5. The molecule has 3 heteroatoms. The van der Waals surface area contributed by atoms with Crippen molar-refractivity contribution in [3.05, 3.63) is 94.6 Å². The maximum absolute atomic E-state index is 11.2. The molecular formula is C27H31NO2. The minimum Gasteiger partial charge on any atom is -0.392 e. The highest BCUT2D eigenvalue weighted by Gasteiger charge is 2.43. The second-order valence-electron chi connectivity index (χ2n) is 8.93. The van der Waals surface area contributed by atoms with Crippen LogP contribution in [-0.2, 0) is 12.8 Å². The van der Waals surface area contributed by atoms with Crippen molar-refractivity contribution in [1.82, 2.24) is 0 Å². The van der Waals surface area contributed by atoms with Crippen LogP contribution in [0.15, 0.2) is 72.3 Å². The Labute approximate surface area is 179 Å². The lowest BCUT2D eigenvalue weighted by atomic mass is 9.88. The highest BCUT2D eigenvalue weighted by Crippen LogP contribution is 2.47. The van der Waals surface area contributed by atoms with Gasteiger partial charge in [0.25, 0.3) is 0 Å². The fourth-order valence-corrected chi connectivity index (χ4v) is 5.16. The smallest absolute Gasteiger partial charge is 0.248 e. The van der Waals surface area contributed by atoms with Crippen LogP contribution in [0.1, 0.15) is 46.3 Å². The number of allylic oxidation sites excluding steroid dienone is 3. The Bertz CT molecular complexity index is 957. The fraction of sp³-hybridized carbons (Fsp3) is 0.370. The molecule has 0 radical (unpaired) electrons. The lowest BCUT2D eigenvalue weighted by Gasteiger charge is -2.18. The molecule has 0 spiro atoms. The molecule has 4 atom stereocenters. The Morgan fingerprint density at radius 1 is 1.17 bits per heavy atom. The molecule has 3 N–H and O–H groups in total. The Morgan fingerprint density at radius 2 is 1.97 bits per heavy atom. The summed E-state index contributed by atoms with van der Waals surface area (Å²) in [5.41, 5.74) is 11.2. The number of primary amides is 1. The lowest BCUT2D eigenvalue weighted by Crippen LogP contribution is -2.17. The van der Waals surface area contributed by atoms with E-state index in [1.165, 1.54) is 22.3 Å². The first-order valence-electron chi connectivity index (χ1n) is 11.0. The van der Waals surface area contributed by atoms with Crippen LogP contribution in [0.5, 0.6) is 0 Å². The second kappa shape index (κ2) is 9.01. The van der Waals surface area contributed by atoms with Gasteiger partial charge in [0.05, 0.1) is 6.10 Å². The Hall–Kier alpha value is -2.65. The van der Waals surface area contributed by atoms with E-state index in [2.05, 4.69) is 49.4 Å². The third-order valence-electron chi connectivity index (χ3n) is 6.66. The molecule has 4 rings (SSSR count). The van der Waals surface area contributed by atoms with Gasteiger partial charge in [-0.05, 0) is 74.1 Å². The van der Waals surface area contributed by atoms with Gasteiger partial charge in [-0.2, -0.15) is 0 Å². The van der Waals surface area contributed by atoms with E-state index in [1.807, 2.05) is 12.1 Å². The summed E-state index contributed by atoms with van der Waals surface area (Å²) in [5.74, 6) is 0.849. The van der Waals surface area contributed by atoms with Gasteiger partial charge >= 0.3 is 0 Å². The van der Waals surface area contributed by atoms with Gasteiger partial charge in [0.2, 0.25) is 5.91 Å². The van der Waals surface area contributed by atoms with E-state index < -0.39 is 0 Å². The van der Waals surface area contributed by atoms with Crippen LogP contribution in [0.2, 0.25) is 0 Å². The predicted molar refractivity (Wildman–Crippen MR) is 121 cm³/mol. The molecule has 3 nitrogen and oxygen atoms in total. The van der Waals surface area contributed by atoms with Crippen molar-refractivity contribution in [3.8, 4) is 0 Å². The number of aliphatic hydroxyl groups excluding tert-OH is 1. The summed E-state index contributed by atoms with van der Waals surface area (Å²) in [4.78, 5) is 11.2. The van der Waals surface area contributed by atoms with E-state index in [0.29, 0.717) is 17.4 Å². The maximum Gasteiger partial charge on any atom is 0.248 e. The Balaban J connectivity index is 1.33. The fourth-order valence-electron chi connectivity index (χ4n) is 5.16. The van der Waals surface area contributed by atoms with Crippen LogP contribution in [0.25, 0.3) is 0 Å². The van der Waals surface area contributed by atoms with E-state index in [4.69, 9.17) is 5.73 Å². The van der Waals surface area contributed by atoms with Crippen LogP contribution in [0.3, 0.4) is 0 Å². The highest BCUT2D eigenvalue weighted by atomic mass is 16.3. The number of aryl methyl sites for hydroxylation is 2. The number of nitrogens with two attached hydrogens (primary N) is 1. The third-order valence-corrected chi connectivity index (χ3v) is 6.66. The monoisotopic (exact) mass is 401 g/mol. The molecule has 1 saturated carbocycles. The molecule has 2 aliphatic carbocycles. The number of carbonyl (C=O) groups is 1. The molecule has 30 heavy (non-hydrogen) atoms. The molecule has 0 aromatic heterocycles. The van der Waals surface area contributed by atoms with Crippen molar-refractivity contribution >= 4 is 5.91 Å². The van der Waals surface area contributed by atoms with Gasteiger partial charge in [0, 0.05) is 11.5 Å². The van der Waals surface area contributed by atoms with Crippen LogP contribution in [0, 0.1) is 24.7 Å². The zero-order valence-electron chi connectivity index (χ0n) is 17.6. The van der Waals surface area contributed by atoms with E-state index in [0.717, 1.165) is 32.1 Å². The van der Waals surface area contributed by atoms with Crippen molar-refractivity contribution < 1.29 is 9.90 Å². The van der Waals surface area contributed by atoms with Gasteiger partial charge in [-0.25, -0.2) is 0 Å². The molecule has 1 amide bonds. The Morgan fingerprint density at radius 3 is 2.70 bits per heavy atom. The number of hydrogen-bond donors (Lipinski definition) is 2. The maximum atomic E-state index is 11.2. The predicted octanol–water partition coefficient (Wildman–Crippen LogP) is 4.77. The summed E-state index contributed by atoms with van der Waals surface area (Å²) in [6.45, 7) is 2.13. The quantitative estimate of drug-likeness (QED) is 0.657. The number of rotatable bonds is 7. The number of carbonyl (C=O) groups excluding carboxylic acids is 1. The zero-order valence-corrected chi connectivity index (χ0v) is 17.6. The van der Waals surface area contributed by atoms with Crippen molar-refractivity contribution in [2.45, 2.75) is 45.1 Å². The molecule has 0 unspecified atom stereocenters. The normalized spacial score (nSPS) is 25.5. The summed E-state index contributed by atoms with van der Waals surface area (Å²) >= 11 is 0. The molecule has 156 valence electrons. The van der Waals surface area contributed by atoms with Crippen LogP contribution in [-0.4, -0.2) is 17.1 Å². The highest BCUT2D eigenvalue weighted by molar-refractivity contribution is 5.92. The number of amides is 1. The van der Waals surface area contributed by atoms with Crippen molar-refractivity contribution in [3.63, 3.8) is 0 Å². The standard InChI is InChI=1S/C27H31NO2/c1-18-5-4-7-19(13-18)6-2-3-8-24-25-16-21(15-23(25)17-26(24)29)14-20-9-11-22(12-10-20)27(28)30/h3-5,7-13,15,23-26,29H,2,6,14,16-17H2,1H3,(H2,28,30)/b8-3+/t23-,24+,25-,26+/m0/s1. The van der Waals surface area contributed by atoms with E-state index in [9.17, 15) is 9.90 Å². The average Bonchev–Trinajstić information content (AvgIpc) is 3.22. The Kier molecular flexibility index (Phi) is 6.19. The topological polar surface area (TPSA) is 63.3 Å². The zero-order chi connectivity index (χ0) is 21.1. The minimum absolute atomic E-state index is 0.233. The van der Waals surface area contributed by atoms with Crippen LogP contribution < -0.4 is 5.73 Å². The average molecular weight is 402 g/mol. The molecule has 0 bridgehead atoms. The van der Waals surface area contributed by atoms with E-state index in [1.54, 1.807) is 12.1 Å². The number of aliphatic hydroxyl groups is 1. The van der Waals surface area contributed by atoms with E-state index in [-0.39, 0.29) is 17.9 Å². The molecule has 2 aromatic rings. The molecule has 2 aromatic carbocycles. The number of fused-ring (bicyclic) bond motifs is 1. The lowest BCUT2D eigenvalue weighted by molar-refractivity contribution is 0.1000. The van der Waals surface area contributed by atoms with Crippen LogP contribution in [0.4, 0.5) is 0 Å². The van der Waals surface area contributed by atoms with Crippen molar-refractivity contribution in [2.75, 3.05) is 0 Å². The first kappa shape index (κ1) is 20.6. The molecule has 0 heterocycles.